The monoisotopic (exact) mass is 396 g/mol. The van der Waals surface area contributed by atoms with Gasteiger partial charge in [-0.3, -0.25) is 4.99 Å². The molecule has 0 spiro atoms. The Hall–Kier alpha value is -2.10. The van der Waals surface area contributed by atoms with Crippen molar-refractivity contribution in [1.29, 1.82) is 0 Å². The standard InChI is InChI=1S/C17H24N4O3S2/c1-18-17(19-11-13-6-5-7-14(10-13)24-4)20-12-15-8-9-16(25-15)26(22,23)21(2)3/h5-10H,11-12H2,1-4H3,(H2,18,19,20). The van der Waals surface area contributed by atoms with Gasteiger partial charge in [-0.15, -0.1) is 11.3 Å². The van der Waals surface area contributed by atoms with Gasteiger partial charge in [0.15, 0.2) is 5.96 Å². The number of nitrogens with zero attached hydrogens (tertiary/aromatic N) is 2. The Kier molecular flexibility index (Phi) is 7.01. The van der Waals surface area contributed by atoms with E-state index >= 15 is 0 Å². The molecule has 9 heteroatoms. The Labute approximate surface area is 158 Å². The minimum atomic E-state index is -3.39. The van der Waals surface area contributed by atoms with Crippen LogP contribution in [0.25, 0.3) is 0 Å². The third-order valence-corrected chi connectivity index (χ3v) is 6.99. The lowest BCUT2D eigenvalue weighted by atomic mass is 10.2. The molecule has 2 aromatic rings. The van der Waals surface area contributed by atoms with Crippen molar-refractivity contribution in [2.24, 2.45) is 4.99 Å². The predicted molar refractivity (Wildman–Crippen MR) is 105 cm³/mol. The fourth-order valence-corrected chi connectivity index (χ4v) is 4.60. The second-order valence-electron chi connectivity index (χ2n) is 5.64. The normalized spacial score (nSPS) is 12.3. The van der Waals surface area contributed by atoms with Crippen molar-refractivity contribution in [2.75, 3.05) is 28.3 Å². The van der Waals surface area contributed by atoms with Crippen molar-refractivity contribution in [1.82, 2.24) is 14.9 Å². The van der Waals surface area contributed by atoms with Gasteiger partial charge in [0.1, 0.15) is 9.96 Å². The summed E-state index contributed by atoms with van der Waals surface area (Å²) in [6, 6.07) is 11.2. The highest BCUT2D eigenvalue weighted by molar-refractivity contribution is 7.91. The van der Waals surface area contributed by atoms with Crippen LogP contribution in [-0.4, -0.2) is 46.9 Å². The van der Waals surface area contributed by atoms with Gasteiger partial charge in [0.25, 0.3) is 10.0 Å². The lowest BCUT2D eigenvalue weighted by Gasteiger charge is -2.12. The predicted octanol–water partition coefficient (Wildman–Crippen LogP) is 1.87. The van der Waals surface area contributed by atoms with E-state index in [4.69, 9.17) is 4.74 Å². The van der Waals surface area contributed by atoms with Crippen LogP contribution in [0.15, 0.2) is 45.6 Å². The number of guanidine groups is 1. The summed E-state index contributed by atoms with van der Waals surface area (Å²) in [6.45, 7) is 1.09. The topological polar surface area (TPSA) is 83.0 Å². The zero-order valence-electron chi connectivity index (χ0n) is 15.3. The molecule has 0 amide bonds. The quantitative estimate of drug-likeness (QED) is 0.551. The largest absolute Gasteiger partial charge is 0.497 e. The summed E-state index contributed by atoms with van der Waals surface area (Å²) in [7, 11) is 2.99. The minimum Gasteiger partial charge on any atom is -0.497 e. The summed E-state index contributed by atoms with van der Waals surface area (Å²) in [5.74, 6) is 1.44. The molecule has 0 unspecified atom stereocenters. The molecular weight excluding hydrogens is 372 g/mol. The Bertz CT molecular complexity index is 860. The van der Waals surface area contributed by atoms with Crippen LogP contribution >= 0.6 is 11.3 Å². The Morgan fingerprint density at radius 3 is 2.58 bits per heavy atom. The molecule has 142 valence electrons. The number of rotatable bonds is 7. The molecule has 1 aromatic carbocycles. The van der Waals surface area contributed by atoms with Crippen LogP contribution < -0.4 is 15.4 Å². The number of benzene rings is 1. The van der Waals surface area contributed by atoms with Gasteiger partial charge in [0.05, 0.1) is 13.7 Å². The molecular formula is C17H24N4O3S2. The zero-order chi connectivity index (χ0) is 19.2. The van der Waals surface area contributed by atoms with Crippen LogP contribution in [0.3, 0.4) is 0 Å². The number of methoxy groups -OCH3 is 1. The average molecular weight is 397 g/mol. The van der Waals surface area contributed by atoms with E-state index in [1.54, 1.807) is 20.2 Å². The molecule has 0 radical (unpaired) electrons. The van der Waals surface area contributed by atoms with Crippen LogP contribution in [0.2, 0.25) is 0 Å². The maximum Gasteiger partial charge on any atom is 0.252 e. The van der Waals surface area contributed by atoms with E-state index in [1.807, 2.05) is 30.3 Å². The fourth-order valence-electron chi connectivity index (χ4n) is 2.13. The van der Waals surface area contributed by atoms with Gasteiger partial charge >= 0.3 is 0 Å². The summed E-state index contributed by atoms with van der Waals surface area (Å²) in [5, 5.41) is 6.41. The molecule has 1 aromatic heterocycles. The Balaban J connectivity index is 1.92. The number of aliphatic imine (C=N–C) groups is 1. The van der Waals surface area contributed by atoms with Gasteiger partial charge in [-0.05, 0) is 29.8 Å². The van der Waals surface area contributed by atoms with E-state index < -0.39 is 10.0 Å². The number of hydrogen-bond acceptors (Lipinski definition) is 5. The van der Waals surface area contributed by atoms with Crippen molar-refractivity contribution in [3.05, 3.63) is 46.8 Å². The number of nitrogens with one attached hydrogen (secondary N) is 2. The van der Waals surface area contributed by atoms with Gasteiger partial charge in [0, 0.05) is 32.6 Å². The Morgan fingerprint density at radius 1 is 1.19 bits per heavy atom. The summed E-state index contributed by atoms with van der Waals surface area (Å²) in [5.41, 5.74) is 1.07. The number of sulfonamides is 1. The van der Waals surface area contributed by atoms with Crippen molar-refractivity contribution >= 4 is 27.3 Å². The first kappa shape index (κ1) is 20.2. The maximum absolute atomic E-state index is 12.1. The molecule has 0 saturated carbocycles. The molecule has 7 nitrogen and oxygen atoms in total. The van der Waals surface area contributed by atoms with Crippen LogP contribution in [-0.2, 0) is 23.1 Å². The average Bonchev–Trinajstić information content (AvgIpc) is 3.11. The zero-order valence-corrected chi connectivity index (χ0v) is 16.9. The molecule has 0 saturated heterocycles. The van der Waals surface area contributed by atoms with E-state index in [2.05, 4.69) is 15.6 Å². The number of ether oxygens (including phenoxy) is 1. The van der Waals surface area contributed by atoms with Crippen LogP contribution in [0.5, 0.6) is 5.75 Å². The molecule has 0 atom stereocenters. The third kappa shape index (κ3) is 5.20. The highest BCUT2D eigenvalue weighted by Crippen LogP contribution is 2.23. The second kappa shape index (κ2) is 9.02. The fraction of sp³-hybridized carbons (Fsp3) is 0.353. The lowest BCUT2D eigenvalue weighted by molar-refractivity contribution is 0.414. The van der Waals surface area contributed by atoms with Crippen molar-refractivity contribution in [2.45, 2.75) is 17.3 Å². The van der Waals surface area contributed by atoms with E-state index in [0.29, 0.717) is 23.3 Å². The third-order valence-electron chi connectivity index (χ3n) is 3.62. The van der Waals surface area contributed by atoms with Crippen LogP contribution in [0.1, 0.15) is 10.4 Å². The number of hydrogen-bond donors (Lipinski definition) is 2. The molecule has 26 heavy (non-hydrogen) atoms. The smallest absolute Gasteiger partial charge is 0.252 e. The van der Waals surface area contributed by atoms with Gasteiger partial charge in [-0.25, -0.2) is 12.7 Å². The van der Waals surface area contributed by atoms with Crippen LogP contribution in [0, 0.1) is 0 Å². The molecule has 2 N–H and O–H groups in total. The van der Waals surface area contributed by atoms with E-state index in [0.717, 1.165) is 16.2 Å². The molecule has 0 aliphatic rings. The van der Waals surface area contributed by atoms with E-state index in [-0.39, 0.29) is 0 Å². The highest BCUT2D eigenvalue weighted by atomic mass is 32.2. The SMILES string of the molecule is CN=C(NCc1cccc(OC)c1)NCc1ccc(S(=O)(=O)N(C)C)s1. The highest BCUT2D eigenvalue weighted by Gasteiger charge is 2.19. The molecule has 0 fully saturated rings. The summed E-state index contributed by atoms with van der Waals surface area (Å²) < 4.78 is 31.0. The second-order valence-corrected chi connectivity index (χ2v) is 9.19. The van der Waals surface area contributed by atoms with Gasteiger partial charge in [-0.2, -0.15) is 0 Å². The first-order chi connectivity index (χ1) is 12.4. The number of thiophene rings is 1. The van der Waals surface area contributed by atoms with Gasteiger partial charge in [0.2, 0.25) is 0 Å². The molecule has 0 aliphatic heterocycles. The molecule has 0 aliphatic carbocycles. The van der Waals surface area contributed by atoms with Crippen LogP contribution in [0.4, 0.5) is 0 Å². The first-order valence-corrected chi connectivity index (χ1v) is 10.2. The van der Waals surface area contributed by atoms with Gasteiger partial charge in [-0.1, -0.05) is 12.1 Å². The summed E-state index contributed by atoms with van der Waals surface area (Å²) >= 11 is 1.25. The maximum atomic E-state index is 12.1. The molecule has 1 heterocycles. The van der Waals surface area contributed by atoms with Gasteiger partial charge < -0.3 is 15.4 Å². The Morgan fingerprint density at radius 2 is 1.92 bits per heavy atom. The summed E-state index contributed by atoms with van der Waals surface area (Å²) in [4.78, 5) is 5.10. The van der Waals surface area contributed by atoms with Crippen molar-refractivity contribution in [3.8, 4) is 5.75 Å². The van der Waals surface area contributed by atoms with E-state index in [9.17, 15) is 8.42 Å². The first-order valence-electron chi connectivity index (χ1n) is 7.95. The lowest BCUT2D eigenvalue weighted by Crippen LogP contribution is -2.36. The summed E-state index contributed by atoms with van der Waals surface area (Å²) in [6.07, 6.45) is 0. The molecule has 2 rings (SSSR count). The van der Waals surface area contributed by atoms with Crippen molar-refractivity contribution in [3.63, 3.8) is 0 Å². The van der Waals surface area contributed by atoms with Crippen molar-refractivity contribution < 1.29 is 13.2 Å². The van der Waals surface area contributed by atoms with E-state index in [1.165, 1.54) is 29.7 Å². The minimum absolute atomic E-state index is 0.332. The molecule has 0 bridgehead atoms.